The third kappa shape index (κ3) is 2.68. The lowest BCUT2D eigenvalue weighted by Gasteiger charge is -2.39. The van der Waals surface area contributed by atoms with Gasteiger partial charge >= 0.3 is 0 Å². The van der Waals surface area contributed by atoms with Gasteiger partial charge < -0.3 is 4.74 Å². The molecule has 15 heavy (non-hydrogen) atoms. The highest BCUT2D eigenvalue weighted by Crippen LogP contribution is 2.40. The zero-order chi connectivity index (χ0) is 10.7. The molecule has 2 rings (SSSR count). The van der Waals surface area contributed by atoms with E-state index in [1.54, 1.807) is 0 Å². The molecule has 2 saturated carbocycles. The van der Waals surface area contributed by atoms with Crippen molar-refractivity contribution in [2.75, 3.05) is 4.43 Å². The second kappa shape index (κ2) is 5.35. The standard InChI is InChI=1S/C13H23IO/c1-2-12(11-6-5-7-11)15-13(10-14)8-3-4-9-13/h11-12H,2-10H2,1H3. The number of alkyl halides is 1. The molecule has 0 aromatic rings. The first-order chi connectivity index (χ1) is 7.29. The van der Waals surface area contributed by atoms with Gasteiger partial charge in [-0.05, 0) is 38.0 Å². The van der Waals surface area contributed by atoms with Gasteiger partial charge in [-0.15, -0.1) is 0 Å². The zero-order valence-electron chi connectivity index (χ0n) is 9.80. The molecule has 0 aromatic carbocycles. The summed E-state index contributed by atoms with van der Waals surface area (Å²) >= 11 is 2.52. The van der Waals surface area contributed by atoms with Crippen molar-refractivity contribution in [2.45, 2.75) is 70.0 Å². The Bertz CT molecular complexity index is 195. The second-order valence-corrected chi connectivity index (χ2v) is 6.04. The summed E-state index contributed by atoms with van der Waals surface area (Å²) in [5, 5.41) is 0. The first-order valence-electron chi connectivity index (χ1n) is 6.53. The molecule has 2 aliphatic carbocycles. The summed E-state index contributed by atoms with van der Waals surface area (Å²) in [5.41, 5.74) is 0.261. The van der Waals surface area contributed by atoms with E-state index in [-0.39, 0.29) is 5.60 Å². The number of ether oxygens (including phenoxy) is 1. The average molecular weight is 322 g/mol. The quantitative estimate of drug-likeness (QED) is 0.541. The van der Waals surface area contributed by atoms with Crippen LogP contribution in [0.15, 0.2) is 0 Å². The van der Waals surface area contributed by atoms with Gasteiger partial charge in [0.05, 0.1) is 11.7 Å². The molecule has 0 aliphatic heterocycles. The molecule has 1 atom stereocenters. The monoisotopic (exact) mass is 322 g/mol. The highest BCUT2D eigenvalue weighted by Gasteiger charge is 2.38. The van der Waals surface area contributed by atoms with Crippen molar-refractivity contribution in [3.63, 3.8) is 0 Å². The predicted octanol–water partition coefficient (Wildman–Crippen LogP) is 4.33. The Hall–Kier alpha value is 0.690. The van der Waals surface area contributed by atoms with Gasteiger partial charge in [0.2, 0.25) is 0 Å². The molecule has 2 fully saturated rings. The van der Waals surface area contributed by atoms with Gasteiger partial charge in [0, 0.05) is 4.43 Å². The summed E-state index contributed by atoms with van der Waals surface area (Å²) < 4.78 is 7.68. The van der Waals surface area contributed by atoms with Gasteiger partial charge in [-0.2, -0.15) is 0 Å². The second-order valence-electron chi connectivity index (χ2n) is 5.28. The van der Waals surface area contributed by atoms with Crippen LogP contribution in [0.3, 0.4) is 0 Å². The molecular formula is C13H23IO. The lowest BCUT2D eigenvalue weighted by Crippen LogP contribution is -2.40. The normalized spacial score (nSPS) is 27.6. The van der Waals surface area contributed by atoms with Crippen LogP contribution >= 0.6 is 22.6 Å². The van der Waals surface area contributed by atoms with Gasteiger partial charge in [-0.1, -0.05) is 48.8 Å². The molecule has 1 unspecified atom stereocenters. The first kappa shape index (κ1) is 12.2. The Kier molecular flexibility index (Phi) is 4.33. The smallest absolute Gasteiger partial charge is 0.0775 e. The minimum Gasteiger partial charge on any atom is -0.371 e. The SMILES string of the molecule is CCC(OC1(CI)CCCC1)C1CCC1. The van der Waals surface area contributed by atoms with Crippen molar-refractivity contribution < 1.29 is 4.74 Å². The molecule has 0 spiro atoms. The summed E-state index contributed by atoms with van der Waals surface area (Å²) in [6.07, 6.45) is 11.4. The summed E-state index contributed by atoms with van der Waals surface area (Å²) in [5.74, 6) is 0.885. The highest BCUT2D eigenvalue weighted by molar-refractivity contribution is 14.1. The van der Waals surface area contributed by atoms with Crippen LogP contribution in [0.1, 0.15) is 58.3 Å². The lowest BCUT2D eigenvalue weighted by molar-refractivity contribution is -0.111. The Morgan fingerprint density at radius 2 is 1.93 bits per heavy atom. The Morgan fingerprint density at radius 1 is 1.27 bits per heavy atom. The Labute approximate surface area is 107 Å². The number of rotatable bonds is 5. The topological polar surface area (TPSA) is 9.23 Å². The Balaban J connectivity index is 1.91. The molecule has 0 heterocycles. The maximum Gasteiger partial charge on any atom is 0.0775 e. The van der Waals surface area contributed by atoms with Crippen molar-refractivity contribution in [3.05, 3.63) is 0 Å². The van der Waals surface area contributed by atoms with E-state index in [4.69, 9.17) is 4.74 Å². The van der Waals surface area contributed by atoms with Gasteiger partial charge in [-0.3, -0.25) is 0 Å². The fourth-order valence-corrected chi connectivity index (χ4v) is 3.89. The molecule has 0 radical (unpaired) electrons. The van der Waals surface area contributed by atoms with E-state index in [1.807, 2.05) is 0 Å². The molecule has 0 amide bonds. The Morgan fingerprint density at radius 3 is 2.33 bits per heavy atom. The molecule has 1 nitrogen and oxygen atoms in total. The van der Waals surface area contributed by atoms with E-state index in [1.165, 1.54) is 55.8 Å². The van der Waals surface area contributed by atoms with Crippen LogP contribution in [-0.4, -0.2) is 16.1 Å². The number of halogens is 1. The summed E-state index contributed by atoms with van der Waals surface area (Å²) in [4.78, 5) is 0. The van der Waals surface area contributed by atoms with Crippen molar-refractivity contribution >= 4 is 22.6 Å². The minimum absolute atomic E-state index is 0.261. The predicted molar refractivity (Wildman–Crippen MR) is 72.6 cm³/mol. The van der Waals surface area contributed by atoms with Crippen LogP contribution in [0.25, 0.3) is 0 Å². The van der Waals surface area contributed by atoms with Crippen LogP contribution in [0, 0.1) is 5.92 Å². The largest absolute Gasteiger partial charge is 0.371 e. The maximum absolute atomic E-state index is 6.49. The van der Waals surface area contributed by atoms with Gasteiger partial charge in [0.1, 0.15) is 0 Å². The van der Waals surface area contributed by atoms with Gasteiger partial charge in [0.15, 0.2) is 0 Å². The van der Waals surface area contributed by atoms with Crippen LogP contribution in [0.4, 0.5) is 0 Å². The molecule has 2 heteroatoms. The van der Waals surface area contributed by atoms with E-state index < -0.39 is 0 Å². The van der Waals surface area contributed by atoms with Crippen molar-refractivity contribution in [3.8, 4) is 0 Å². The molecule has 0 bridgehead atoms. The van der Waals surface area contributed by atoms with Crippen LogP contribution < -0.4 is 0 Å². The average Bonchev–Trinajstić information content (AvgIpc) is 2.63. The number of hydrogen-bond acceptors (Lipinski definition) is 1. The van der Waals surface area contributed by atoms with E-state index in [0.717, 1.165) is 5.92 Å². The van der Waals surface area contributed by atoms with Crippen LogP contribution in [0.2, 0.25) is 0 Å². The van der Waals surface area contributed by atoms with E-state index in [2.05, 4.69) is 29.5 Å². The van der Waals surface area contributed by atoms with Crippen LogP contribution in [0.5, 0.6) is 0 Å². The minimum atomic E-state index is 0.261. The third-order valence-electron chi connectivity index (χ3n) is 4.24. The molecule has 2 aliphatic rings. The van der Waals surface area contributed by atoms with E-state index >= 15 is 0 Å². The van der Waals surface area contributed by atoms with E-state index in [0.29, 0.717) is 6.10 Å². The van der Waals surface area contributed by atoms with Crippen molar-refractivity contribution in [1.82, 2.24) is 0 Å². The first-order valence-corrected chi connectivity index (χ1v) is 8.06. The summed E-state index contributed by atoms with van der Waals surface area (Å²) in [7, 11) is 0. The highest BCUT2D eigenvalue weighted by atomic mass is 127. The fraction of sp³-hybridized carbons (Fsp3) is 1.00. The van der Waals surface area contributed by atoms with E-state index in [9.17, 15) is 0 Å². The molecule has 88 valence electrons. The van der Waals surface area contributed by atoms with Gasteiger partial charge in [-0.25, -0.2) is 0 Å². The van der Waals surface area contributed by atoms with Crippen molar-refractivity contribution in [2.24, 2.45) is 5.92 Å². The zero-order valence-corrected chi connectivity index (χ0v) is 12.0. The molecule has 0 aromatic heterocycles. The maximum atomic E-state index is 6.49. The molecular weight excluding hydrogens is 299 g/mol. The number of hydrogen-bond donors (Lipinski definition) is 0. The van der Waals surface area contributed by atoms with Gasteiger partial charge in [0.25, 0.3) is 0 Å². The third-order valence-corrected chi connectivity index (χ3v) is 5.63. The van der Waals surface area contributed by atoms with Crippen molar-refractivity contribution in [1.29, 1.82) is 0 Å². The van der Waals surface area contributed by atoms with Crippen LogP contribution in [-0.2, 0) is 4.74 Å². The molecule has 0 N–H and O–H groups in total. The molecule has 0 saturated heterocycles. The summed E-state index contributed by atoms with van der Waals surface area (Å²) in [6, 6.07) is 0. The lowest BCUT2D eigenvalue weighted by atomic mass is 9.80. The summed E-state index contributed by atoms with van der Waals surface area (Å²) in [6.45, 7) is 2.29. The fourth-order valence-electron chi connectivity index (χ4n) is 2.95.